The number of nitrogens with two attached hydrogens (primary N) is 1. The molecule has 3 fully saturated rings. The lowest BCUT2D eigenvalue weighted by atomic mass is 9.90. The van der Waals surface area contributed by atoms with E-state index in [0.29, 0.717) is 43.7 Å². The Bertz CT molecular complexity index is 1300. The van der Waals surface area contributed by atoms with E-state index in [1.807, 2.05) is 16.9 Å². The fourth-order valence-corrected chi connectivity index (χ4v) is 5.63. The van der Waals surface area contributed by atoms with Crippen LogP contribution in [0.15, 0.2) is 36.8 Å². The van der Waals surface area contributed by atoms with Crippen molar-refractivity contribution in [1.29, 1.82) is 0 Å². The summed E-state index contributed by atoms with van der Waals surface area (Å²) in [6.07, 6.45) is 7.88. The smallest absolute Gasteiger partial charge is 0.263 e. The Morgan fingerprint density at radius 2 is 1.95 bits per heavy atom. The molecule has 0 bridgehead atoms. The van der Waals surface area contributed by atoms with E-state index in [4.69, 9.17) is 24.9 Å². The van der Waals surface area contributed by atoms with Crippen LogP contribution >= 0.6 is 0 Å². The number of benzene rings is 1. The van der Waals surface area contributed by atoms with Crippen molar-refractivity contribution in [1.82, 2.24) is 24.6 Å². The van der Waals surface area contributed by atoms with Crippen LogP contribution in [0.3, 0.4) is 0 Å². The normalized spacial score (nSPS) is 24.8. The molecule has 3 aliphatic rings. The number of hydrogen-bond acceptors (Lipinski definition) is 10. The maximum absolute atomic E-state index is 11.4. The van der Waals surface area contributed by atoms with Gasteiger partial charge in [-0.05, 0) is 63.7 Å². The zero-order valence-corrected chi connectivity index (χ0v) is 22.6. The van der Waals surface area contributed by atoms with Gasteiger partial charge in [-0.15, -0.1) is 0 Å². The lowest BCUT2D eigenvalue weighted by Gasteiger charge is -2.36. The molecule has 3 aromatic rings. The quantitative estimate of drug-likeness (QED) is 0.487. The molecule has 208 valence electrons. The number of nitrogen functional groups attached to an aromatic ring is 1. The Morgan fingerprint density at radius 1 is 1.10 bits per heavy atom. The summed E-state index contributed by atoms with van der Waals surface area (Å²) in [5.74, 6) is 0.998. The molecule has 0 saturated carbocycles. The van der Waals surface area contributed by atoms with Crippen LogP contribution < -0.4 is 15.4 Å². The average molecular weight is 536 g/mol. The minimum absolute atomic E-state index is 0.201. The van der Waals surface area contributed by atoms with Crippen LogP contribution in [-0.4, -0.2) is 88.9 Å². The van der Waals surface area contributed by atoms with Gasteiger partial charge in [-0.1, -0.05) is 0 Å². The molecule has 39 heavy (non-hydrogen) atoms. The van der Waals surface area contributed by atoms with Gasteiger partial charge >= 0.3 is 0 Å². The van der Waals surface area contributed by atoms with Crippen molar-refractivity contribution in [3.05, 3.63) is 42.4 Å². The number of aromatic nitrogens is 4. The minimum atomic E-state index is -1.05. The van der Waals surface area contributed by atoms with Crippen LogP contribution in [0.2, 0.25) is 0 Å². The van der Waals surface area contributed by atoms with Crippen LogP contribution in [-0.2, 0) is 15.1 Å². The topological polar surface area (TPSA) is 124 Å². The van der Waals surface area contributed by atoms with Crippen LogP contribution in [0, 0.1) is 0 Å². The summed E-state index contributed by atoms with van der Waals surface area (Å²) in [6.45, 7) is 7.09. The molecule has 5 heterocycles. The summed E-state index contributed by atoms with van der Waals surface area (Å²) in [6, 6.07) is 6.65. The Balaban J connectivity index is 1.31. The third-order valence-corrected chi connectivity index (χ3v) is 8.07. The number of anilines is 2. The van der Waals surface area contributed by atoms with Crippen LogP contribution in [0.1, 0.15) is 37.8 Å². The zero-order chi connectivity index (χ0) is 27.0. The summed E-state index contributed by atoms with van der Waals surface area (Å²) in [5.41, 5.74) is 8.36. The average Bonchev–Trinajstić information content (AvgIpc) is 3.60. The van der Waals surface area contributed by atoms with E-state index in [1.54, 1.807) is 12.4 Å². The van der Waals surface area contributed by atoms with Gasteiger partial charge in [0.2, 0.25) is 0 Å². The monoisotopic (exact) mass is 535 g/mol. The molecule has 3 aliphatic heterocycles. The fraction of sp³-hybridized carbons (Fsp3) is 0.536. The van der Waals surface area contributed by atoms with Crippen molar-refractivity contribution in [3.63, 3.8) is 0 Å². The molecule has 2 aromatic heterocycles. The van der Waals surface area contributed by atoms with Crippen LogP contribution in [0.5, 0.6) is 11.6 Å². The lowest BCUT2D eigenvalue weighted by molar-refractivity contribution is 0.0232. The second kappa shape index (κ2) is 10.7. The predicted molar refractivity (Wildman–Crippen MR) is 147 cm³/mol. The van der Waals surface area contributed by atoms with Gasteiger partial charge < -0.3 is 34.9 Å². The van der Waals surface area contributed by atoms with Crippen molar-refractivity contribution in [3.8, 4) is 22.9 Å². The van der Waals surface area contributed by atoms with Gasteiger partial charge in [0.25, 0.3) is 5.88 Å². The lowest BCUT2D eigenvalue weighted by Crippen LogP contribution is -2.43. The van der Waals surface area contributed by atoms with Crippen molar-refractivity contribution in [2.45, 2.75) is 43.9 Å². The van der Waals surface area contributed by atoms with E-state index in [0.717, 1.165) is 49.3 Å². The summed E-state index contributed by atoms with van der Waals surface area (Å²) < 4.78 is 19.3. The molecular formula is C28H37N7O4. The number of piperidine rings is 1. The van der Waals surface area contributed by atoms with Crippen LogP contribution in [0.25, 0.3) is 11.3 Å². The molecule has 6 rings (SSSR count). The molecule has 0 radical (unpaired) electrons. The number of ether oxygens (including phenoxy) is 3. The first-order valence-electron chi connectivity index (χ1n) is 13.7. The summed E-state index contributed by atoms with van der Waals surface area (Å²) in [4.78, 5) is 13.8. The minimum Gasteiger partial charge on any atom is -0.433 e. The summed E-state index contributed by atoms with van der Waals surface area (Å²) in [7, 11) is 2.14. The number of likely N-dealkylation sites (tertiary alicyclic amines) is 1. The van der Waals surface area contributed by atoms with E-state index in [1.165, 1.54) is 0 Å². The van der Waals surface area contributed by atoms with Gasteiger partial charge in [-0.2, -0.15) is 5.10 Å². The van der Waals surface area contributed by atoms with Crippen molar-refractivity contribution < 1.29 is 19.3 Å². The maximum Gasteiger partial charge on any atom is 0.263 e. The highest BCUT2D eigenvalue weighted by Crippen LogP contribution is 2.37. The van der Waals surface area contributed by atoms with Crippen molar-refractivity contribution in [2.75, 3.05) is 63.7 Å². The van der Waals surface area contributed by atoms with Crippen molar-refractivity contribution >= 4 is 11.5 Å². The molecule has 0 unspecified atom stereocenters. The van der Waals surface area contributed by atoms with Gasteiger partial charge in [-0.3, -0.25) is 4.68 Å². The van der Waals surface area contributed by atoms with Gasteiger partial charge in [0.15, 0.2) is 11.6 Å². The van der Waals surface area contributed by atoms with Crippen molar-refractivity contribution in [2.24, 2.45) is 0 Å². The van der Waals surface area contributed by atoms with E-state index in [2.05, 4.69) is 46.0 Å². The number of nitrogens with zero attached hydrogens (tertiary/aromatic N) is 6. The van der Waals surface area contributed by atoms with Gasteiger partial charge in [-0.25, -0.2) is 9.97 Å². The second-order valence-corrected chi connectivity index (χ2v) is 11.0. The Hall–Kier alpha value is -3.25. The van der Waals surface area contributed by atoms with E-state index >= 15 is 0 Å². The Morgan fingerprint density at radius 3 is 2.72 bits per heavy atom. The Kier molecular flexibility index (Phi) is 7.15. The first kappa shape index (κ1) is 26.0. The molecule has 11 heteroatoms. The van der Waals surface area contributed by atoms with Gasteiger partial charge in [0.1, 0.15) is 5.60 Å². The first-order valence-corrected chi connectivity index (χ1v) is 13.7. The predicted octanol–water partition coefficient (Wildman–Crippen LogP) is 2.81. The summed E-state index contributed by atoms with van der Waals surface area (Å²) >= 11 is 0. The van der Waals surface area contributed by atoms with E-state index < -0.39 is 5.60 Å². The highest BCUT2D eigenvalue weighted by Gasteiger charge is 2.35. The van der Waals surface area contributed by atoms with E-state index in [-0.39, 0.29) is 24.3 Å². The third kappa shape index (κ3) is 5.44. The largest absolute Gasteiger partial charge is 0.433 e. The molecular weight excluding hydrogens is 498 g/mol. The molecule has 2 atom stereocenters. The third-order valence-electron chi connectivity index (χ3n) is 8.07. The first-order chi connectivity index (χ1) is 18.9. The molecule has 3 saturated heterocycles. The van der Waals surface area contributed by atoms with Gasteiger partial charge in [0, 0.05) is 36.9 Å². The number of rotatable bonds is 6. The number of morpholine rings is 1. The molecule has 0 amide bonds. The summed E-state index contributed by atoms with van der Waals surface area (Å²) in [5, 5.41) is 15.9. The molecule has 11 nitrogen and oxygen atoms in total. The highest BCUT2D eigenvalue weighted by molar-refractivity contribution is 5.69. The second-order valence-electron chi connectivity index (χ2n) is 11.0. The van der Waals surface area contributed by atoms with Gasteiger partial charge in [0.05, 0.1) is 50.1 Å². The highest BCUT2D eigenvalue weighted by atomic mass is 16.5. The number of hydrogen-bond donors (Lipinski definition) is 2. The Labute approximate surface area is 228 Å². The molecule has 0 spiro atoms. The fourth-order valence-electron chi connectivity index (χ4n) is 5.63. The standard InChI is InChI=1S/C28H37N7O4/c1-19-17-37-10-8-34(19)23-12-20(11-21(13-23)28(36)5-9-38-18-28)25-15-30-26(29)27(32-25)39-24-14-31-35(16-24)22-3-6-33(2)7-4-22/h11-16,19,22,36H,3-10,17-18H2,1-2H3,(H2,29,30)/t19-,28-/m1/s1. The molecule has 0 aliphatic carbocycles. The zero-order valence-electron chi connectivity index (χ0n) is 22.6. The van der Waals surface area contributed by atoms with E-state index in [9.17, 15) is 5.11 Å². The number of aliphatic hydroxyl groups is 1. The van der Waals surface area contributed by atoms with Crippen LogP contribution in [0.4, 0.5) is 11.5 Å². The molecule has 1 aromatic carbocycles. The molecule has 3 N–H and O–H groups in total. The maximum atomic E-state index is 11.4. The SMILES string of the molecule is C[C@@H]1COCCN1c1cc(-c2cnc(N)c(Oc3cnn(C4CCN(C)CC4)c3)n2)cc([C@@]2(O)CCOC2)c1.